The molecular weight excluding hydrogens is 276 g/mol. The maximum atomic E-state index is 13.8. The normalized spacial score (nSPS) is 11.0. The van der Waals surface area contributed by atoms with Gasteiger partial charge >= 0.3 is 5.97 Å². The first-order valence-corrected chi connectivity index (χ1v) is 6.32. The predicted octanol–water partition coefficient (Wildman–Crippen LogP) is 3.67. The number of halogens is 2. The highest BCUT2D eigenvalue weighted by atomic mass is 19.2. The van der Waals surface area contributed by atoms with Gasteiger partial charge in [0.2, 0.25) is 0 Å². The Hall–Kier alpha value is -2.69. The summed E-state index contributed by atoms with van der Waals surface area (Å²) in [6.07, 6.45) is 0. The molecule has 0 aliphatic heterocycles. The molecule has 0 fully saturated rings. The number of aromatic carboxylic acids is 1. The van der Waals surface area contributed by atoms with Crippen LogP contribution in [0.2, 0.25) is 0 Å². The number of aromatic nitrogens is 1. The molecular formula is C16H11F2NO2. The fraction of sp³-hybridized carbons (Fsp3) is 0.0625. The molecule has 1 N–H and O–H groups in total. The molecule has 0 radical (unpaired) electrons. The quantitative estimate of drug-likeness (QED) is 0.798. The zero-order valence-corrected chi connectivity index (χ0v) is 10.9. The first-order valence-electron chi connectivity index (χ1n) is 6.32. The molecule has 0 unspecified atom stereocenters. The summed E-state index contributed by atoms with van der Waals surface area (Å²) in [7, 11) is 0. The molecule has 3 aromatic rings. The fourth-order valence-corrected chi connectivity index (χ4v) is 2.40. The molecule has 0 bridgehead atoms. The number of para-hydroxylation sites is 1. The lowest BCUT2D eigenvalue weighted by atomic mass is 10.2. The second-order valence-electron chi connectivity index (χ2n) is 4.69. The number of hydrogen-bond acceptors (Lipinski definition) is 1. The van der Waals surface area contributed by atoms with Gasteiger partial charge in [0, 0.05) is 16.5 Å². The molecule has 106 valence electrons. The van der Waals surface area contributed by atoms with Crippen LogP contribution in [0.15, 0.2) is 48.5 Å². The van der Waals surface area contributed by atoms with Crippen LogP contribution >= 0.6 is 0 Å². The summed E-state index contributed by atoms with van der Waals surface area (Å²) in [6, 6.07) is 12.5. The van der Waals surface area contributed by atoms with Gasteiger partial charge in [-0.1, -0.05) is 30.3 Å². The van der Waals surface area contributed by atoms with Gasteiger partial charge in [0.05, 0.1) is 6.54 Å². The minimum atomic E-state index is -1.11. The second-order valence-corrected chi connectivity index (χ2v) is 4.69. The van der Waals surface area contributed by atoms with Crippen molar-refractivity contribution < 1.29 is 18.7 Å². The van der Waals surface area contributed by atoms with Crippen molar-refractivity contribution in [3.05, 3.63) is 71.4 Å². The minimum absolute atomic E-state index is 0.0415. The first-order chi connectivity index (χ1) is 10.1. The number of fused-ring (bicyclic) bond motifs is 1. The molecule has 3 nitrogen and oxygen atoms in total. The van der Waals surface area contributed by atoms with Crippen molar-refractivity contribution >= 4 is 16.9 Å². The predicted molar refractivity (Wildman–Crippen MR) is 74.4 cm³/mol. The Morgan fingerprint density at radius 2 is 1.86 bits per heavy atom. The molecule has 5 heteroatoms. The van der Waals surface area contributed by atoms with E-state index in [4.69, 9.17) is 0 Å². The molecule has 0 aliphatic rings. The maximum absolute atomic E-state index is 13.8. The van der Waals surface area contributed by atoms with Crippen LogP contribution in [0.4, 0.5) is 8.78 Å². The summed E-state index contributed by atoms with van der Waals surface area (Å²) < 4.78 is 28.5. The van der Waals surface area contributed by atoms with Crippen LogP contribution < -0.4 is 0 Å². The van der Waals surface area contributed by atoms with Crippen molar-refractivity contribution in [1.82, 2.24) is 4.57 Å². The van der Waals surface area contributed by atoms with E-state index in [0.29, 0.717) is 5.52 Å². The van der Waals surface area contributed by atoms with Crippen molar-refractivity contribution in [1.29, 1.82) is 0 Å². The van der Waals surface area contributed by atoms with Crippen LogP contribution in [0.5, 0.6) is 0 Å². The smallest absolute Gasteiger partial charge is 0.352 e. The van der Waals surface area contributed by atoms with Crippen LogP contribution in [0.25, 0.3) is 10.9 Å². The van der Waals surface area contributed by atoms with E-state index in [1.165, 1.54) is 22.8 Å². The third-order valence-corrected chi connectivity index (χ3v) is 3.39. The Morgan fingerprint density at radius 3 is 2.62 bits per heavy atom. The molecule has 2 aromatic carbocycles. The third kappa shape index (κ3) is 2.27. The van der Waals surface area contributed by atoms with E-state index >= 15 is 0 Å². The topological polar surface area (TPSA) is 42.2 Å². The van der Waals surface area contributed by atoms with Crippen molar-refractivity contribution in [3.8, 4) is 0 Å². The SMILES string of the molecule is O=C(O)c1cc2ccccc2n1Cc1cccc(F)c1F. The van der Waals surface area contributed by atoms with Gasteiger partial charge in [0.15, 0.2) is 11.6 Å². The Labute approximate surface area is 119 Å². The van der Waals surface area contributed by atoms with Crippen LogP contribution in [0.1, 0.15) is 16.1 Å². The van der Waals surface area contributed by atoms with E-state index in [9.17, 15) is 18.7 Å². The van der Waals surface area contributed by atoms with E-state index in [0.717, 1.165) is 11.5 Å². The Kier molecular flexibility index (Phi) is 3.17. The molecule has 3 rings (SSSR count). The summed E-state index contributed by atoms with van der Waals surface area (Å²) in [4.78, 5) is 11.3. The summed E-state index contributed by atoms with van der Waals surface area (Å²) in [5, 5.41) is 10.0. The van der Waals surface area contributed by atoms with Gasteiger partial charge in [-0.05, 0) is 18.2 Å². The van der Waals surface area contributed by atoms with Crippen LogP contribution in [-0.2, 0) is 6.54 Å². The van der Waals surface area contributed by atoms with Crippen LogP contribution in [0.3, 0.4) is 0 Å². The molecule has 0 amide bonds. The summed E-state index contributed by atoms with van der Waals surface area (Å²) >= 11 is 0. The average Bonchev–Trinajstić information content (AvgIpc) is 2.83. The van der Waals surface area contributed by atoms with Crippen LogP contribution in [0, 0.1) is 11.6 Å². The number of carboxylic acid groups (broad SMARTS) is 1. The van der Waals surface area contributed by atoms with E-state index in [-0.39, 0.29) is 17.8 Å². The van der Waals surface area contributed by atoms with E-state index in [1.807, 2.05) is 0 Å². The number of nitrogens with zero attached hydrogens (tertiary/aromatic N) is 1. The first kappa shape index (κ1) is 13.3. The third-order valence-electron chi connectivity index (χ3n) is 3.39. The van der Waals surface area contributed by atoms with Crippen molar-refractivity contribution in [2.75, 3.05) is 0 Å². The zero-order chi connectivity index (χ0) is 15.0. The number of hydrogen-bond donors (Lipinski definition) is 1. The second kappa shape index (κ2) is 5.01. The van der Waals surface area contributed by atoms with Crippen molar-refractivity contribution in [2.45, 2.75) is 6.54 Å². The van der Waals surface area contributed by atoms with E-state index in [1.54, 1.807) is 24.3 Å². The molecule has 0 atom stereocenters. The fourth-order valence-electron chi connectivity index (χ4n) is 2.40. The molecule has 0 saturated heterocycles. The summed E-state index contributed by atoms with van der Waals surface area (Å²) in [6.45, 7) is -0.0429. The lowest BCUT2D eigenvalue weighted by Crippen LogP contribution is -2.10. The number of benzene rings is 2. The summed E-state index contributed by atoms with van der Waals surface area (Å²) in [5.41, 5.74) is 0.817. The van der Waals surface area contributed by atoms with Gasteiger partial charge in [-0.3, -0.25) is 0 Å². The van der Waals surface area contributed by atoms with E-state index < -0.39 is 17.6 Å². The highest BCUT2D eigenvalue weighted by Crippen LogP contribution is 2.22. The standard InChI is InChI=1S/C16H11F2NO2/c17-12-6-3-5-11(15(12)18)9-19-13-7-2-1-4-10(13)8-14(19)16(20)21/h1-8H,9H2,(H,20,21). The van der Waals surface area contributed by atoms with Gasteiger partial charge in [-0.25, -0.2) is 13.6 Å². The van der Waals surface area contributed by atoms with Gasteiger partial charge in [0.1, 0.15) is 5.69 Å². The molecule has 1 aromatic heterocycles. The number of carbonyl (C=O) groups is 1. The monoisotopic (exact) mass is 287 g/mol. The van der Waals surface area contributed by atoms with Gasteiger partial charge in [-0.2, -0.15) is 0 Å². The molecule has 1 heterocycles. The van der Waals surface area contributed by atoms with Gasteiger partial charge < -0.3 is 9.67 Å². The highest BCUT2D eigenvalue weighted by Gasteiger charge is 2.16. The Balaban J connectivity index is 2.17. The average molecular weight is 287 g/mol. The van der Waals surface area contributed by atoms with Gasteiger partial charge in [-0.15, -0.1) is 0 Å². The Bertz CT molecular complexity index is 839. The molecule has 21 heavy (non-hydrogen) atoms. The summed E-state index contributed by atoms with van der Waals surface area (Å²) in [5.74, 6) is -3.00. The highest BCUT2D eigenvalue weighted by molar-refractivity contribution is 5.94. The van der Waals surface area contributed by atoms with E-state index in [2.05, 4.69) is 0 Å². The van der Waals surface area contributed by atoms with Crippen LogP contribution in [-0.4, -0.2) is 15.6 Å². The lowest BCUT2D eigenvalue weighted by Gasteiger charge is -2.09. The Morgan fingerprint density at radius 1 is 1.10 bits per heavy atom. The molecule has 0 aliphatic carbocycles. The zero-order valence-electron chi connectivity index (χ0n) is 10.9. The largest absolute Gasteiger partial charge is 0.477 e. The maximum Gasteiger partial charge on any atom is 0.352 e. The molecule has 0 spiro atoms. The van der Waals surface area contributed by atoms with Crippen molar-refractivity contribution in [2.24, 2.45) is 0 Å². The number of carboxylic acids is 1. The van der Waals surface area contributed by atoms with Gasteiger partial charge in [0.25, 0.3) is 0 Å². The lowest BCUT2D eigenvalue weighted by molar-refractivity contribution is 0.0686. The molecule has 0 saturated carbocycles. The van der Waals surface area contributed by atoms with Crippen molar-refractivity contribution in [3.63, 3.8) is 0 Å². The minimum Gasteiger partial charge on any atom is -0.477 e. The number of rotatable bonds is 3.